The minimum Gasteiger partial charge on any atom is -0.396 e. The molecule has 2 N–H and O–H groups in total. The lowest BCUT2D eigenvalue weighted by Crippen LogP contribution is -2.48. The molecule has 3 fully saturated rings. The van der Waals surface area contributed by atoms with E-state index in [9.17, 15) is 15.0 Å². The number of aliphatic hydroxyl groups excluding tert-OH is 2. The molecule has 0 aliphatic heterocycles. The molecule has 0 spiro atoms. The van der Waals surface area contributed by atoms with Gasteiger partial charge in [0.05, 0.1) is 6.10 Å². The highest BCUT2D eigenvalue weighted by atomic mass is 16.3. The molecule has 4 bridgehead atoms. The summed E-state index contributed by atoms with van der Waals surface area (Å²) in [6, 6.07) is 0. The van der Waals surface area contributed by atoms with E-state index in [1.807, 2.05) is 6.92 Å². The van der Waals surface area contributed by atoms with Crippen LogP contribution in [0.5, 0.6) is 0 Å². The van der Waals surface area contributed by atoms with Gasteiger partial charge in [-0.25, -0.2) is 0 Å². The summed E-state index contributed by atoms with van der Waals surface area (Å²) >= 11 is 0. The number of rotatable bonds is 1. The lowest BCUT2D eigenvalue weighted by Gasteiger charge is -2.44. The first-order valence-electron chi connectivity index (χ1n) is 7.12. The van der Waals surface area contributed by atoms with E-state index in [1.165, 1.54) is 0 Å². The van der Waals surface area contributed by atoms with Crippen molar-refractivity contribution in [1.82, 2.24) is 0 Å². The van der Waals surface area contributed by atoms with Crippen LogP contribution in [0, 0.1) is 28.1 Å². The Morgan fingerprint density at radius 3 is 2.50 bits per heavy atom. The van der Waals surface area contributed by atoms with Crippen molar-refractivity contribution in [1.29, 1.82) is 0 Å². The van der Waals surface area contributed by atoms with Crippen molar-refractivity contribution in [3.05, 3.63) is 0 Å². The first-order chi connectivity index (χ1) is 8.30. The summed E-state index contributed by atoms with van der Waals surface area (Å²) in [5, 5.41) is 20.5. The Balaban J connectivity index is 2.17. The predicted molar refractivity (Wildman–Crippen MR) is 67.9 cm³/mol. The van der Waals surface area contributed by atoms with Gasteiger partial charge in [0.1, 0.15) is 5.78 Å². The fraction of sp³-hybridized carbons (Fsp3) is 0.933. The van der Waals surface area contributed by atoms with Gasteiger partial charge >= 0.3 is 0 Å². The van der Waals surface area contributed by atoms with Crippen LogP contribution in [0.1, 0.15) is 46.5 Å². The standard InChI is InChI=1S/C15H24O3/c1-13(8-16)5-4-6-14(2)10-9(17)7-15(14,3)12(18)11(10)13/h10-12,16,18H,4-8H2,1-3H3/t10-,11-,12+,13+,14-,15+/m0/s1. The molecule has 3 heteroatoms. The number of aliphatic hydroxyl groups is 2. The van der Waals surface area contributed by atoms with Crippen LogP contribution < -0.4 is 0 Å². The fourth-order valence-electron chi connectivity index (χ4n) is 5.44. The SMILES string of the molecule is C[C@]1(CO)CCC[C@@]2(C)[C@H]3C(=O)C[C@]2(C)[C@H](O)[C@H]31. The quantitative estimate of drug-likeness (QED) is 0.747. The average molecular weight is 252 g/mol. The Morgan fingerprint density at radius 1 is 1.22 bits per heavy atom. The van der Waals surface area contributed by atoms with Crippen LogP contribution >= 0.6 is 0 Å². The minimum atomic E-state index is -0.442. The maximum absolute atomic E-state index is 12.4. The molecule has 18 heavy (non-hydrogen) atoms. The second kappa shape index (κ2) is 3.37. The second-order valence-corrected chi connectivity index (χ2v) is 7.59. The molecule has 3 aliphatic rings. The van der Waals surface area contributed by atoms with Gasteiger partial charge in [0.25, 0.3) is 0 Å². The van der Waals surface area contributed by atoms with Gasteiger partial charge in [-0.15, -0.1) is 0 Å². The van der Waals surface area contributed by atoms with Gasteiger partial charge in [-0.2, -0.15) is 0 Å². The Morgan fingerprint density at radius 2 is 1.89 bits per heavy atom. The van der Waals surface area contributed by atoms with Crippen LogP contribution in [-0.4, -0.2) is 28.7 Å². The molecule has 3 saturated carbocycles. The van der Waals surface area contributed by atoms with Gasteiger partial charge < -0.3 is 10.2 Å². The van der Waals surface area contributed by atoms with E-state index in [2.05, 4.69) is 13.8 Å². The third-order valence-electron chi connectivity index (χ3n) is 6.84. The van der Waals surface area contributed by atoms with E-state index in [4.69, 9.17) is 0 Å². The number of carbonyl (C=O) groups excluding carboxylic acids is 1. The van der Waals surface area contributed by atoms with Crippen molar-refractivity contribution in [3.8, 4) is 0 Å². The van der Waals surface area contributed by atoms with Crippen LogP contribution in [0.4, 0.5) is 0 Å². The Bertz CT molecular complexity index is 407. The minimum absolute atomic E-state index is 0.0443. The van der Waals surface area contributed by atoms with Crippen LogP contribution in [0.25, 0.3) is 0 Å². The van der Waals surface area contributed by atoms with Crippen molar-refractivity contribution < 1.29 is 15.0 Å². The van der Waals surface area contributed by atoms with Crippen molar-refractivity contribution >= 4 is 5.78 Å². The highest BCUT2D eigenvalue weighted by Crippen LogP contribution is 2.72. The summed E-state index contributed by atoms with van der Waals surface area (Å²) in [5.74, 6) is 0.218. The normalized spacial score (nSPS) is 58.9. The highest BCUT2D eigenvalue weighted by molar-refractivity contribution is 5.87. The van der Waals surface area contributed by atoms with Crippen molar-refractivity contribution in [2.24, 2.45) is 28.1 Å². The summed E-state index contributed by atoms with van der Waals surface area (Å²) < 4.78 is 0. The molecule has 3 aliphatic carbocycles. The average Bonchev–Trinajstić information content (AvgIpc) is 2.53. The van der Waals surface area contributed by atoms with E-state index in [-0.39, 0.29) is 34.7 Å². The van der Waals surface area contributed by atoms with Gasteiger partial charge in [-0.1, -0.05) is 27.2 Å². The topological polar surface area (TPSA) is 57.5 Å². The largest absolute Gasteiger partial charge is 0.396 e. The van der Waals surface area contributed by atoms with Crippen LogP contribution in [0.15, 0.2) is 0 Å². The van der Waals surface area contributed by atoms with Crippen LogP contribution in [-0.2, 0) is 4.79 Å². The van der Waals surface area contributed by atoms with E-state index in [1.54, 1.807) is 0 Å². The van der Waals surface area contributed by atoms with E-state index in [0.717, 1.165) is 19.3 Å². The summed E-state index contributed by atoms with van der Waals surface area (Å²) in [6.45, 7) is 6.39. The lowest BCUT2D eigenvalue weighted by molar-refractivity contribution is -0.135. The Kier molecular flexibility index (Phi) is 2.36. The Hall–Kier alpha value is -0.410. The number of carbonyl (C=O) groups is 1. The molecular formula is C15H24O3. The van der Waals surface area contributed by atoms with E-state index >= 15 is 0 Å². The van der Waals surface area contributed by atoms with Gasteiger partial charge in [-0.05, 0) is 23.7 Å². The van der Waals surface area contributed by atoms with Gasteiger partial charge in [0.2, 0.25) is 0 Å². The zero-order valence-corrected chi connectivity index (χ0v) is 11.6. The molecule has 0 aromatic carbocycles. The van der Waals surface area contributed by atoms with E-state index < -0.39 is 6.10 Å². The predicted octanol–water partition coefficient (Wildman–Crippen LogP) is 1.76. The maximum Gasteiger partial charge on any atom is 0.137 e. The monoisotopic (exact) mass is 252 g/mol. The number of hydrogen-bond acceptors (Lipinski definition) is 3. The fourth-order valence-corrected chi connectivity index (χ4v) is 5.44. The third kappa shape index (κ3) is 1.11. The highest BCUT2D eigenvalue weighted by Gasteiger charge is 2.74. The molecule has 0 aromatic heterocycles. The molecule has 6 atom stereocenters. The van der Waals surface area contributed by atoms with Gasteiger partial charge in [-0.3, -0.25) is 4.79 Å². The van der Waals surface area contributed by atoms with Crippen molar-refractivity contribution in [3.63, 3.8) is 0 Å². The first-order valence-corrected chi connectivity index (χ1v) is 7.12. The molecular weight excluding hydrogens is 228 g/mol. The molecule has 0 saturated heterocycles. The first kappa shape index (κ1) is 12.6. The zero-order valence-electron chi connectivity index (χ0n) is 11.6. The molecule has 0 radical (unpaired) electrons. The number of ketones is 1. The number of hydrogen-bond donors (Lipinski definition) is 2. The zero-order chi connectivity index (χ0) is 13.3. The molecule has 0 heterocycles. The second-order valence-electron chi connectivity index (χ2n) is 7.59. The smallest absolute Gasteiger partial charge is 0.137 e. The van der Waals surface area contributed by atoms with Gasteiger partial charge in [0, 0.05) is 30.3 Å². The third-order valence-corrected chi connectivity index (χ3v) is 6.84. The van der Waals surface area contributed by atoms with Crippen molar-refractivity contribution in [2.45, 2.75) is 52.6 Å². The lowest BCUT2D eigenvalue weighted by atomic mass is 9.62. The Labute approximate surface area is 109 Å². The van der Waals surface area contributed by atoms with Crippen molar-refractivity contribution in [2.75, 3.05) is 6.61 Å². The maximum atomic E-state index is 12.4. The molecule has 3 nitrogen and oxygen atoms in total. The molecule has 0 aromatic rings. The number of Topliss-reactive ketones (excluding diaryl/α,β-unsaturated/α-hetero) is 1. The summed E-state index contributed by atoms with van der Waals surface area (Å²) in [4.78, 5) is 12.4. The van der Waals surface area contributed by atoms with Crippen LogP contribution in [0.2, 0.25) is 0 Å². The molecule has 3 rings (SSSR count). The molecule has 0 amide bonds. The van der Waals surface area contributed by atoms with Gasteiger partial charge in [0.15, 0.2) is 0 Å². The molecule has 0 unspecified atom stereocenters. The summed E-state index contributed by atoms with van der Waals surface area (Å²) in [7, 11) is 0. The van der Waals surface area contributed by atoms with E-state index in [0.29, 0.717) is 12.2 Å². The summed E-state index contributed by atoms with van der Waals surface area (Å²) in [5.41, 5.74) is -0.646. The van der Waals surface area contributed by atoms with Crippen LogP contribution in [0.3, 0.4) is 0 Å². The molecule has 102 valence electrons. The summed E-state index contributed by atoms with van der Waals surface area (Å²) in [6.07, 6.45) is 3.05.